The average molecular weight is 230 g/mol. The third-order valence-corrected chi connectivity index (χ3v) is 4.56. The van der Waals surface area contributed by atoms with E-state index in [0.717, 1.165) is 12.8 Å². The monoisotopic (exact) mass is 230 g/mol. The zero-order valence-electron chi connectivity index (χ0n) is 8.54. The Hall–Kier alpha value is -1.04. The first-order chi connectivity index (χ1) is 7.45. The van der Waals surface area contributed by atoms with Crippen molar-refractivity contribution in [3.63, 3.8) is 0 Å². The van der Waals surface area contributed by atoms with Gasteiger partial charge in [-0.2, -0.15) is 0 Å². The van der Waals surface area contributed by atoms with Crippen LogP contribution in [0.5, 0.6) is 0 Å². The number of halogens is 2. The van der Waals surface area contributed by atoms with Crippen LogP contribution in [0.15, 0.2) is 0 Å². The van der Waals surface area contributed by atoms with Crippen LogP contribution >= 0.6 is 0 Å². The largest absolute Gasteiger partial charge is 0.480 e. The van der Waals surface area contributed by atoms with Crippen LogP contribution in [-0.4, -0.2) is 45.7 Å². The number of hydrogen-bond acceptors (Lipinski definition) is 3. The lowest BCUT2D eigenvalue weighted by Crippen LogP contribution is -2.67. The van der Waals surface area contributed by atoms with Crippen LogP contribution in [0.4, 0.5) is 8.78 Å². The Morgan fingerprint density at radius 2 is 2.25 bits per heavy atom. The summed E-state index contributed by atoms with van der Waals surface area (Å²) in [6, 6.07) is 0. The molecule has 2 aliphatic carbocycles. The average Bonchev–Trinajstić information content (AvgIpc) is 2.63. The van der Waals surface area contributed by atoms with Crippen LogP contribution in [0.25, 0.3) is 0 Å². The fourth-order valence-corrected chi connectivity index (χ4v) is 3.94. The van der Waals surface area contributed by atoms with Gasteiger partial charge in [0.25, 0.3) is 6.43 Å². The second-order valence-electron chi connectivity index (χ2n) is 4.98. The smallest absolute Gasteiger partial charge is 0.317 e. The van der Waals surface area contributed by atoms with Gasteiger partial charge in [-0.25, -0.2) is 8.78 Å². The van der Waals surface area contributed by atoms with Gasteiger partial charge in [-0.05, 0) is 19.3 Å². The summed E-state index contributed by atoms with van der Waals surface area (Å²) in [5.41, 5.74) is -1.64. The van der Waals surface area contributed by atoms with Gasteiger partial charge in [0.1, 0.15) is 0 Å². The van der Waals surface area contributed by atoms with Gasteiger partial charge in [-0.15, -0.1) is 0 Å². The second kappa shape index (κ2) is 2.61. The molecular formula is C10H12F2N2O2. The molecule has 4 aliphatic rings. The summed E-state index contributed by atoms with van der Waals surface area (Å²) >= 11 is 0. The molecule has 4 rings (SSSR count). The molecule has 2 aliphatic heterocycles. The minimum Gasteiger partial charge on any atom is -0.480 e. The number of alkyl halides is 2. The van der Waals surface area contributed by atoms with E-state index >= 15 is 0 Å². The molecular weight excluding hydrogens is 218 g/mol. The minimum atomic E-state index is -2.77. The molecule has 6 heteroatoms. The standard InChI is InChI=1S/C10H12F2N2O2/c11-8(12)7(13)10-2-1-9(3-5(9)10)14(10)4-6(15)16/h5,8,13H,1-4H2,(H,15,16)/t5-,9?,10?/m0/s1. The fourth-order valence-electron chi connectivity index (χ4n) is 3.94. The second-order valence-corrected chi connectivity index (χ2v) is 4.98. The molecule has 0 radical (unpaired) electrons. The summed E-state index contributed by atoms with van der Waals surface area (Å²) in [7, 11) is 0. The van der Waals surface area contributed by atoms with Crippen molar-refractivity contribution in [1.82, 2.24) is 4.90 Å². The molecule has 2 saturated heterocycles. The number of hydrogen-bond donors (Lipinski definition) is 2. The van der Waals surface area contributed by atoms with Crippen LogP contribution in [-0.2, 0) is 4.79 Å². The van der Waals surface area contributed by atoms with Crippen molar-refractivity contribution in [3.05, 3.63) is 0 Å². The number of aliphatic carboxylic acids is 1. The van der Waals surface area contributed by atoms with Gasteiger partial charge in [0.15, 0.2) is 0 Å². The van der Waals surface area contributed by atoms with E-state index in [-0.39, 0.29) is 18.0 Å². The maximum Gasteiger partial charge on any atom is 0.317 e. The Morgan fingerprint density at radius 1 is 1.56 bits per heavy atom. The molecule has 0 aromatic heterocycles. The molecule has 16 heavy (non-hydrogen) atoms. The first-order valence-electron chi connectivity index (χ1n) is 5.32. The molecule has 4 nitrogen and oxygen atoms in total. The number of carboxylic acids is 1. The van der Waals surface area contributed by atoms with Crippen molar-refractivity contribution in [3.8, 4) is 0 Å². The highest BCUT2D eigenvalue weighted by Gasteiger charge is 2.85. The third kappa shape index (κ3) is 0.841. The molecule has 0 amide bonds. The predicted molar refractivity (Wildman–Crippen MR) is 50.9 cm³/mol. The zero-order valence-corrected chi connectivity index (χ0v) is 8.54. The summed E-state index contributed by atoms with van der Waals surface area (Å²) in [4.78, 5) is 12.3. The van der Waals surface area contributed by atoms with Crippen molar-refractivity contribution in [1.29, 1.82) is 5.41 Å². The van der Waals surface area contributed by atoms with E-state index in [0.29, 0.717) is 6.42 Å². The molecule has 2 saturated carbocycles. The third-order valence-electron chi connectivity index (χ3n) is 4.56. The molecule has 2 heterocycles. The number of carboxylic acid groups (broad SMARTS) is 1. The number of nitrogens with zero attached hydrogens (tertiary/aromatic N) is 1. The Bertz CT molecular complexity index is 400. The molecule has 2 N–H and O–H groups in total. The summed E-state index contributed by atoms with van der Waals surface area (Å²) < 4.78 is 25.3. The van der Waals surface area contributed by atoms with E-state index in [1.165, 1.54) is 0 Å². The Labute approximate surface area is 90.7 Å². The molecule has 1 spiro atoms. The molecule has 88 valence electrons. The minimum absolute atomic E-state index is 0.112. The highest BCUT2D eigenvalue weighted by atomic mass is 19.3. The van der Waals surface area contributed by atoms with Crippen LogP contribution in [0.3, 0.4) is 0 Å². The molecule has 2 bridgehead atoms. The van der Waals surface area contributed by atoms with Gasteiger partial charge >= 0.3 is 5.97 Å². The lowest BCUT2D eigenvalue weighted by molar-refractivity contribution is -0.142. The van der Waals surface area contributed by atoms with Crippen LogP contribution < -0.4 is 0 Å². The fraction of sp³-hybridized carbons (Fsp3) is 0.800. The topological polar surface area (TPSA) is 64.4 Å². The van der Waals surface area contributed by atoms with Crippen molar-refractivity contribution in [2.45, 2.75) is 36.8 Å². The van der Waals surface area contributed by atoms with Crippen LogP contribution in [0.1, 0.15) is 19.3 Å². The van der Waals surface area contributed by atoms with Gasteiger partial charge in [0.2, 0.25) is 0 Å². The van der Waals surface area contributed by atoms with E-state index in [9.17, 15) is 13.6 Å². The maximum absolute atomic E-state index is 12.7. The summed E-state index contributed by atoms with van der Waals surface area (Å²) in [6.45, 7) is -0.217. The zero-order chi connectivity index (χ0) is 11.7. The van der Waals surface area contributed by atoms with Gasteiger partial charge in [-0.3, -0.25) is 9.69 Å². The maximum atomic E-state index is 12.7. The molecule has 4 fully saturated rings. The quantitative estimate of drug-likeness (QED) is 0.707. The molecule has 0 aromatic rings. The van der Waals surface area contributed by atoms with Gasteiger partial charge in [0, 0.05) is 11.5 Å². The van der Waals surface area contributed by atoms with Crippen molar-refractivity contribution >= 4 is 11.7 Å². The number of rotatable bonds is 4. The van der Waals surface area contributed by atoms with Crippen molar-refractivity contribution < 1.29 is 18.7 Å². The predicted octanol–water partition coefficient (Wildman–Crippen LogP) is 0.963. The molecule has 0 aromatic carbocycles. The van der Waals surface area contributed by atoms with Gasteiger partial charge < -0.3 is 10.5 Å². The molecule has 3 atom stereocenters. The highest BCUT2D eigenvalue weighted by molar-refractivity contribution is 5.98. The lowest BCUT2D eigenvalue weighted by atomic mass is 9.81. The Balaban J connectivity index is 1.90. The lowest BCUT2D eigenvalue weighted by Gasteiger charge is -2.49. The van der Waals surface area contributed by atoms with Crippen molar-refractivity contribution in [2.24, 2.45) is 5.92 Å². The Morgan fingerprint density at radius 3 is 2.69 bits per heavy atom. The number of carbonyl (C=O) groups is 1. The van der Waals surface area contributed by atoms with Crippen LogP contribution in [0, 0.1) is 11.3 Å². The van der Waals surface area contributed by atoms with Gasteiger partial charge in [0.05, 0.1) is 17.8 Å². The number of fused-ring (bicyclic) bond motifs is 1. The van der Waals surface area contributed by atoms with Crippen LogP contribution in [0.2, 0.25) is 0 Å². The normalized spacial score (nSPS) is 44.1. The molecule has 2 unspecified atom stereocenters. The van der Waals surface area contributed by atoms with Crippen molar-refractivity contribution in [2.75, 3.05) is 6.54 Å². The summed E-state index contributed by atoms with van der Waals surface area (Å²) in [6.07, 6.45) is -0.697. The summed E-state index contributed by atoms with van der Waals surface area (Å²) in [5.74, 6) is -0.890. The SMILES string of the molecule is N=C(C(F)F)C12CCC3(C[C@@H]31)N2CC(=O)O. The first-order valence-corrected chi connectivity index (χ1v) is 5.32. The number of nitrogens with one attached hydrogen (secondary N) is 1. The Kier molecular flexibility index (Phi) is 1.65. The van der Waals surface area contributed by atoms with E-state index < -0.39 is 23.6 Å². The highest BCUT2D eigenvalue weighted by Crippen LogP contribution is 2.77. The summed E-state index contributed by atoms with van der Waals surface area (Å²) in [5, 5.41) is 16.3. The van der Waals surface area contributed by atoms with E-state index in [2.05, 4.69) is 0 Å². The van der Waals surface area contributed by atoms with E-state index in [1.54, 1.807) is 4.90 Å². The van der Waals surface area contributed by atoms with E-state index in [1.807, 2.05) is 0 Å². The van der Waals surface area contributed by atoms with Gasteiger partial charge in [-0.1, -0.05) is 0 Å². The first kappa shape index (κ1) is 10.1. The van der Waals surface area contributed by atoms with E-state index in [4.69, 9.17) is 10.5 Å².